The summed E-state index contributed by atoms with van der Waals surface area (Å²) in [6, 6.07) is 8.07. The third kappa shape index (κ3) is 4.53. The fourth-order valence-electron chi connectivity index (χ4n) is 2.54. The Bertz CT molecular complexity index is 938. The molecule has 0 saturated carbocycles. The number of halogens is 1. The molecule has 0 aliphatic rings. The van der Waals surface area contributed by atoms with Crippen LogP contribution >= 0.6 is 46.5 Å². The van der Waals surface area contributed by atoms with Crippen LogP contribution in [0.1, 0.15) is 18.7 Å². The number of fused-ring (bicyclic) bond motifs is 1. The van der Waals surface area contributed by atoms with Crippen molar-refractivity contribution in [1.29, 1.82) is 0 Å². The van der Waals surface area contributed by atoms with Gasteiger partial charge >= 0.3 is 0 Å². The van der Waals surface area contributed by atoms with Crippen molar-refractivity contribution in [1.82, 2.24) is 19.8 Å². The summed E-state index contributed by atoms with van der Waals surface area (Å²) in [5, 5.41) is 11.2. The minimum atomic E-state index is 0.0688. The van der Waals surface area contributed by atoms with Crippen LogP contribution in [0, 0.1) is 0 Å². The molecule has 6 nitrogen and oxygen atoms in total. The first-order chi connectivity index (χ1) is 13.0. The molecule has 0 radical (unpaired) electrons. The largest absolute Gasteiger partial charge is 0.343 e. The Morgan fingerprint density at radius 3 is 2.56 bits per heavy atom. The van der Waals surface area contributed by atoms with Crippen LogP contribution in [0.3, 0.4) is 0 Å². The molecule has 0 bridgehead atoms. The zero-order valence-corrected chi connectivity index (χ0v) is 18.2. The fraction of sp³-hybridized carbons (Fsp3) is 0.353. The minimum Gasteiger partial charge on any atom is -0.343 e. The molecular weight excluding hydrogens is 422 g/mol. The Morgan fingerprint density at radius 1 is 1.22 bits per heavy atom. The lowest BCUT2D eigenvalue weighted by Crippen LogP contribution is -2.32. The Balaban J connectivity index is 1.63. The molecule has 0 saturated heterocycles. The van der Waals surface area contributed by atoms with E-state index in [0.29, 0.717) is 34.9 Å². The zero-order valence-electron chi connectivity index (χ0n) is 15.0. The normalized spacial score (nSPS) is 11.2. The summed E-state index contributed by atoms with van der Waals surface area (Å²) in [5.74, 6) is 7.13. The summed E-state index contributed by atoms with van der Waals surface area (Å²) >= 11 is 10.9. The van der Waals surface area contributed by atoms with Crippen molar-refractivity contribution in [2.75, 3.05) is 24.7 Å². The van der Waals surface area contributed by atoms with Gasteiger partial charge in [0.15, 0.2) is 0 Å². The Hall–Kier alpha value is -1.42. The number of thiophene rings is 1. The number of carbonyl (C=O) groups excluding carboxylic acids is 1. The molecule has 0 aliphatic carbocycles. The van der Waals surface area contributed by atoms with Crippen molar-refractivity contribution in [2.24, 2.45) is 0 Å². The second-order valence-corrected chi connectivity index (χ2v) is 9.01. The van der Waals surface area contributed by atoms with Crippen molar-refractivity contribution < 1.29 is 4.79 Å². The molecule has 1 amide bonds. The number of hydrogen-bond donors (Lipinski definition) is 1. The second-order valence-electron chi connectivity index (χ2n) is 5.61. The smallest absolute Gasteiger partial charge is 0.233 e. The number of rotatable bonds is 8. The first-order valence-electron chi connectivity index (χ1n) is 8.44. The number of thioether (sulfide) groups is 2. The highest BCUT2D eigenvalue weighted by Gasteiger charge is 2.16. The molecular formula is C17H20ClN5OS3. The van der Waals surface area contributed by atoms with Gasteiger partial charge in [0.2, 0.25) is 16.2 Å². The van der Waals surface area contributed by atoms with Crippen LogP contribution in [0.25, 0.3) is 10.1 Å². The van der Waals surface area contributed by atoms with Crippen LogP contribution in [-0.2, 0) is 10.5 Å². The molecule has 0 unspecified atom stereocenters. The van der Waals surface area contributed by atoms with E-state index in [1.165, 1.54) is 32.9 Å². The average molecular weight is 442 g/mol. The summed E-state index contributed by atoms with van der Waals surface area (Å²) in [6.07, 6.45) is 0. The van der Waals surface area contributed by atoms with Crippen LogP contribution < -0.4 is 5.84 Å². The summed E-state index contributed by atoms with van der Waals surface area (Å²) in [4.78, 5) is 15.0. The van der Waals surface area contributed by atoms with E-state index in [0.717, 1.165) is 15.3 Å². The number of hydrogen-bond acceptors (Lipinski definition) is 7. The molecule has 0 fully saturated rings. The maximum Gasteiger partial charge on any atom is 0.233 e. The lowest BCUT2D eigenvalue weighted by Gasteiger charge is -2.17. The third-order valence-corrected chi connectivity index (χ3v) is 7.80. The highest BCUT2D eigenvalue weighted by Crippen LogP contribution is 2.38. The average Bonchev–Trinajstić information content (AvgIpc) is 3.19. The van der Waals surface area contributed by atoms with Crippen LogP contribution in [0.15, 0.2) is 34.6 Å². The maximum atomic E-state index is 12.1. The van der Waals surface area contributed by atoms with E-state index in [9.17, 15) is 4.79 Å². The third-order valence-electron chi connectivity index (χ3n) is 4.01. The van der Waals surface area contributed by atoms with Crippen LogP contribution in [0.5, 0.6) is 0 Å². The van der Waals surface area contributed by atoms with Gasteiger partial charge in [-0.3, -0.25) is 4.79 Å². The van der Waals surface area contributed by atoms with Gasteiger partial charge in [-0.25, -0.2) is 4.68 Å². The van der Waals surface area contributed by atoms with Crippen LogP contribution in [-0.4, -0.2) is 44.5 Å². The number of aromatic nitrogens is 3. The molecule has 2 heterocycles. The molecule has 2 N–H and O–H groups in total. The van der Waals surface area contributed by atoms with Gasteiger partial charge in [0, 0.05) is 33.8 Å². The van der Waals surface area contributed by atoms with E-state index < -0.39 is 0 Å². The summed E-state index contributed by atoms with van der Waals surface area (Å²) in [7, 11) is 0. The van der Waals surface area contributed by atoms with Crippen LogP contribution in [0.2, 0.25) is 5.02 Å². The van der Waals surface area contributed by atoms with Gasteiger partial charge in [-0.1, -0.05) is 53.3 Å². The van der Waals surface area contributed by atoms with E-state index >= 15 is 0 Å². The lowest BCUT2D eigenvalue weighted by molar-refractivity contribution is -0.127. The number of carbonyl (C=O) groups is 1. The van der Waals surface area contributed by atoms with Crippen molar-refractivity contribution in [3.8, 4) is 0 Å². The van der Waals surface area contributed by atoms with Gasteiger partial charge in [-0.2, -0.15) is 0 Å². The van der Waals surface area contributed by atoms with Crippen molar-refractivity contribution in [2.45, 2.75) is 29.9 Å². The molecule has 3 rings (SSSR count). The van der Waals surface area contributed by atoms with Gasteiger partial charge in [-0.05, 0) is 19.9 Å². The van der Waals surface area contributed by atoms with Gasteiger partial charge < -0.3 is 10.7 Å². The second kappa shape index (κ2) is 9.18. The number of nitrogens with zero attached hydrogens (tertiary/aromatic N) is 4. The zero-order chi connectivity index (χ0) is 19.4. The molecule has 0 aliphatic heterocycles. The number of nitrogens with two attached hydrogens (primary N) is 1. The SMILES string of the molecule is CCN(CC)C(=O)CSc1nnc(SCc2sc3ccccc3c2Cl)n1N. The molecule has 1 aromatic carbocycles. The van der Waals surface area contributed by atoms with E-state index in [-0.39, 0.29) is 5.91 Å². The predicted molar refractivity (Wildman–Crippen MR) is 115 cm³/mol. The first-order valence-corrected chi connectivity index (χ1v) is 11.6. The summed E-state index contributed by atoms with van der Waals surface area (Å²) < 4.78 is 2.60. The summed E-state index contributed by atoms with van der Waals surface area (Å²) in [6.45, 7) is 5.32. The monoisotopic (exact) mass is 441 g/mol. The summed E-state index contributed by atoms with van der Waals surface area (Å²) in [5.41, 5.74) is 0. The van der Waals surface area contributed by atoms with Gasteiger partial charge in [0.05, 0.1) is 10.8 Å². The molecule has 27 heavy (non-hydrogen) atoms. The van der Waals surface area contributed by atoms with E-state index in [1.807, 2.05) is 32.0 Å². The molecule has 3 aromatic rings. The Morgan fingerprint density at radius 2 is 1.89 bits per heavy atom. The van der Waals surface area contributed by atoms with Crippen molar-refractivity contribution in [3.05, 3.63) is 34.2 Å². The number of benzene rings is 1. The predicted octanol–water partition coefficient (Wildman–Crippen LogP) is 4.11. The minimum absolute atomic E-state index is 0.0688. The van der Waals surface area contributed by atoms with E-state index in [4.69, 9.17) is 17.4 Å². The van der Waals surface area contributed by atoms with Crippen LogP contribution in [0.4, 0.5) is 0 Å². The number of amides is 1. The van der Waals surface area contributed by atoms with Crippen molar-refractivity contribution in [3.63, 3.8) is 0 Å². The van der Waals surface area contributed by atoms with Gasteiger partial charge in [0.25, 0.3) is 0 Å². The standard InChI is InChI=1S/C17H20ClN5OS3/c1-3-22(4-2)14(24)10-26-17-21-20-16(23(17)19)25-9-13-15(18)11-7-5-6-8-12(11)27-13/h5-8H,3-4,9-10,19H2,1-2H3. The molecule has 10 heteroatoms. The lowest BCUT2D eigenvalue weighted by atomic mass is 10.2. The fourth-order valence-corrected chi connectivity index (χ4v) is 5.87. The Labute approximate surface area is 175 Å². The quantitative estimate of drug-likeness (QED) is 0.418. The van der Waals surface area contributed by atoms with Gasteiger partial charge in [0.1, 0.15) is 0 Å². The molecule has 2 aromatic heterocycles. The topological polar surface area (TPSA) is 77.0 Å². The molecule has 0 spiro atoms. The van der Waals surface area contributed by atoms with Crippen molar-refractivity contribution >= 4 is 62.5 Å². The van der Waals surface area contributed by atoms with E-state index in [2.05, 4.69) is 16.3 Å². The molecule has 0 atom stereocenters. The number of nitrogen functional groups attached to an aromatic ring is 1. The highest BCUT2D eigenvalue weighted by molar-refractivity contribution is 8.00. The molecule has 144 valence electrons. The van der Waals surface area contributed by atoms with Gasteiger partial charge in [-0.15, -0.1) is 21.5 Å². The maximum absolute atomic E-state index is 12.1. The first kappa shape index (κ1) is 20.3. The van der Waals surface area contributed by atoms with E-state index in [1.54, 1.807) is 16.2 Å². The Kier molecular flexibility index (Phi) is 6.91. The highest BCUT2D eigenvalue weighted by atomic mass is 35.5.